The minimum Gasteiger partial charge on any atom is -0.410 e. The Hall–Kier alpha value is -3.10. The van der Waals surface area contributed by atoms with Crippen LogP contribution in [-0.4, -0.2) is 69.6 Å². The number of morpholine rings is 1. The van der Waals surface area contributed by atoms with E-state index in [1.807, 2.05) is 43.4 Å². The fourth-order valence-corrected chi connectivity index (χ4v) is 3.39. The van der Waals surface area contributed by atoms with E-state index in [0.29, 0.717) is 11.3 Å². The Bertz CT molecular complexity index is 985. The van der Waals surface area contributed by atoms with Crippen molar-refractivity contribution in [3.63, 3.8) is 0 Å². The second-order valence-electron chi connectivity index (χ2n) is 7.30. The number of likely N-dealkylation sites (N-methyl/N-ethyl adjacent to an activating group) is 1. The van der Waals surface area contributed by atoms with Crippen LogP contribution in [0.25, 0.3) is 11.0 Å². The standard InChI is InChI=1S/C22H26N4O4/c1-24(10-11-26-12-14-28-15-13-26)21-19-9-8-18(16-20(19)30-23-21)29-22(27)25(2)17-6-4-3-5-7-17/h3-9,16H,10-15H2,1-2H3. The van der Waals surface area contributed by atoms with Gasteiger partial charge in [0.1, 0.15) is 5.75 Å². The van der Waals surface area contributed by atoms with Crippen LogP contribution in [0.4, 0.5) is 16.3 Å². The zero-order valence-electron chi connectivity index (χ0n) is 17.3. The highest BCUT2D eigenvalue weighted by Crippen LogP contribution is 2.29. The van der Waals surface area contributed by atoms with Crippen molar-refractivity contribution in [3.05, 3.63) is 48.5 Å². The molecular weight excluding hydrogens is 384 g/mol. The van der Waals surface area contributed by atoms with Crippen LogP contribution < -0.4 is 14.5 Å². The molecule has 8 heteroatoms. The number of anilines is 2. The summed E-state index contributed by atoms with van der Waals surface area (Å²) < 4.78 is 16.4. The van der Waals surface area contributed by atoms with Gasteiger partial charge in [-0.1, -0.05) is 23.4 Å². The number of ether oxygens (including phenoxy) is 2. The van der Waals surface area contributed by atoms with Crippen LogP contribution in [0, 0.1) is 0 Å². The summed E-state index contributed by atoms with van der Waals surface area (Å²) in [5.74, 6) is 1.19. The van der Waals surface area contributed by atoms with E-state index in [1.165, 1.54) is 4.90 Å². The molecule has 8 nitrogen and oxygen atoms in total. The van der Waals surface area contributed by atoms with Crippen molar-refractivity contribution in [3.8, 4) is 5.75 Å². The molecule has 1 fully saturated rings. The molecule has 2 heterocycles. The number of para-hydroxylation sites is 1. The number of rotatable bonds is 6. The van der Waals surface area contributed by atoms with Crippen molar-refractivity contribution in [2.24, 2.45) is 0 Å². The van der Waals surface area contributed by atoms with Crippen LogP contribution in [0.15, 0.2) is 53.1 Å². The monoisotopic (exact) mass is 410 g/mol. The van der Waals surface area contributed by atoms with Gasteiger partial charge in [0.25, 0.3) is 0 Å². The van der Waals surface area contributed by atoms with Crippen LogP contribution in [-0.2, 0) is 4.74 Å². The lowest BCUT2D eigenvalue weighted by atomic mass is 10.2. The van der Waals surface area contributed by atoms with Gasteiger partial charge >= 0.3 is 6.09 Å². The first kappa shape index (κ1) is 20.2. The van der Waals surface area contributed by atoms with Crippen molar-refractivity contribution in [2.45, 2.75) is 0 Å². The smallest absolute Gasteiger partial charge is 0.410 e. The molecule has 1 aliphatic rings. The van der Waals surface area contributed by atoms with E-state index in [0.717, 1.165) is 56.3 Å². The van der Waals surface area contributed by atoms with Gasteiger partial charge in [-0.25, -0.2) is 4.79 Å². The van der Waals surface area contributed by atoms with Crippen molar-refractivity contribution in [1.29, 1.82) is 0 Å². The van der Waals surface area contributed by atoms with Gasteiger partial charge in [-0.15, -0.1) is 0 Å². The predicted molar refractivity (Wildman–Crippen MR) is 115 cm³/mol. The number of amides is 1. The SMILES string of the molecule is CN(CCN1CCOCC1)c1noc2cc(OC(=O)N(C)c3ccccc3)ccc12. The maximum Gasteiger partial charge on any atom is 0.419 e. The highest BCUT2D eigenvalue weighted by Gasteiger charge is 2.18. The quantitative estimate of drug-likeness (QED) is 0.618. The Labute approximate surface area is 175 Å². The van der Waals surface area contributed by atoms with Gasteiger partial charge in [0.2, 0.25) is 0 Å². The van der Waals surface area contributed by atoms with Crippen LogP contribution in [0.3, 0.4) is 0 Å². The van der Waals surface area contributed by atoms with E-state index >= 15 is 0 Å². The number of hydrogen-bond acceptors (Lipinski definition) is 7. The first-order chi connectivity index (χ1) is 14.6. The molecule has 0 radical (unpaired) electrons. The molecular formula is C22H26N4O4. The fourth-order valence-electron chi connectivity index (χ4n) is 3.39. The highest BCUT2D eigenvalue weighted by atomic mass is 16.6. The van der Waals surface area contributed by atoms with Crippen molar-refractivity contribution in [2.75, 3.05) is 63.3 Å². The molecule has 0 aliphatic carbocycles. The number of hydrogen-bond donors (Lipinski definition) is 0. The lowest BCUT2D eigenvalue weighted by Crippen LogP contribution is -2.40. The topological polar surface area (TPSA) is 71.3 Å². The number of carbonyl (C=O) groups excluding carboxylic acids is 1. The number of carbonyl (C=O) groups is 1. The fraction of sp³-hybridized carbons (Fsp3) is 0.364. The molecule has 4 rings (SSSR count). The average molecular weight is 410 g/mol. The number of aromatic nitrogens is 1. The average Bonchev–Trinajstić information content (AvgIpc) is 3.21. The van der Waals surface area contributed by atoms with Gasteiger partial charge in [-0.3, -0.25) is 9.80 Å². The van der Waals surface area contributed by atoms with E-state index in [1.54, 1.807) is 19.2 Å². The molecule has 0 saturated carbocycles. The summed E-state index contributed by atoms with van der Waals surface area (Å²) in [5, 5.41) is 5.10. The second kappa shape index (κ2) is 9.15. The molecule has 0 bridgehead atoms. The molecule has 0 N–H and O–H groups in total. The van der Waals surface area contributed by atoms with Crippen molar-refractivity contribution in [1.82, 2.24) is 10.1 Å². The molecule has 30 heavy (non-hydrogen) atoms. The largest absolute Gasteiger partial charge is 0.419 e. The van der Waals surface area contributed by atoms with E-state index in [-0.39, 0.29) is 0 Å². The maximum absolute atomic E-state index is 12.4. The Morgan fingerprint density at radius 3 is 2.67 bits per heavy atom. The Balaban J connectivity index is 1.41. The summed E-state index contributed by atoms with van der Waals surface area (Å²) in [6.07, 6.45) is -0.470. The summed E-state index contributed by atoms with van der Waals surface area (Å²) in [7, 11) is 3.67. The lowest BCUT2D eigenvalue weighted by Gasteiger charge is -2.28. The van der Waals surface area contributed by atoms with Crippen molar-refractivity contribution < 1.29 is 18.8 Å². The lowest BCUT2D eigenvalue weighted by molar-refractivity contribution is 0.0392. The Kier molecular flexibility index (Phi) is 6.15. The zero-order chi connectivity index (χ0) is 20.9. The molecule has 1 saturated heterocycles. The summed E-state index contributed by atoms with van der Waals surface area (Å²) in [4.78, 5) is 18.3. The number of nitrogens with zero attached hydrogens (tertiary/aromatic N) is 4. The summed E-state index contributed by atoms with van der Waals surface area (Å²) in [5.41, 5.74) is 1.34. The third-order valence-electron chi connectivity index (χ3n) is 5.26. The molecule has 3 aromatic rings. The predicted octanol–water partition coefficient (Wildman–Crippen LogP) is 3.23. The van der Waals surface area contributed by atoms with Gasteiger partial charge in [-0.05, 0) is 24.3 Å². The van der Waals surface area contributed by atoms with Crippen LogP contribution in [0.1, 0.15) is 0 Å². The van der Waals surface area contributed by atoms with Gasteiger partial charge < -0.3 is 18.9 Å². The third-order valence-corrected chi connectivity index (χ3v) is 5.26. The molecule has 1 aliphatic heterocycles. The summed E-state index contributed by atoms with van der Waals surface area (Å²) >= 11 is 0. The molecule has 158 valence electrons. The van der Waals surface area contributed by atoms with E-state index < -0.39 is 6.09 Å². The minimum absolute atomic E-state index is 0.411. The molecule has 1 aromatic heterocycles. The second-order valence-corrected chi connectivity index (χ2v) is 7.30. The molecule has 0 atom stereocenters. The molecule has 0 unspecified atom stereocenters. The number of fused-ring (bicyclic) bond motifs is 1. The van der Waals surface area contributed by atoms with Crippen LogP contribution in [0.2, 0.25) is 0 Å². The minimum atomic E-state index is -0.470. The van der Waals surface area contributed by atoms with Gasteiger partial charge in [0.15, 0.2) is 11.4 Å². The van der Waals surface area contributed by atoms with E-state index in [2.05, 4.69) is 15.0 Å². The third kappa shape index (κ3) is 4.55. The van der Waals surface area contributed by atoms with E-state index in [4.69, 9.17) is 14.0 Å². The highest BCUT2D eigenvalue weighted by molar-refractivity contribution is 5.91. The van der Waals surface area contributed by atoms with E-state index in [9.17, 15) is 4.79 Å². The zero-order valence-corrected chi connectivity index (χ0v) is 17.3. The molecule has 1 amide bonds. The van der Waals surface area contributed by atoms with Crippen molar-refractivity contribution >= 4 is 28.6 Å². The molecule has 2 aromatic carbocycles. The molecule has 0 spiro atoms. The normalized spacial score (nSPS) is 14.6. The van der Waals surface area contributed by atoms with Crippen LogP contribution >= 0.6 is 0 Å². The first-order valence-corrected chi connectivity index (χ1v) is 10.0. The maximum atomic E-state index is 12.4. The van der Waals surface area contributed by atoms with Crippen LogP contribution in [0.5, 0.6) is 5.75 Å². The Morgan fingerprint density at radius 1 is 1.13 bits per heavy atom. The summed E-state index contributed by atoms with van der Waals surface area (Å²) in [6, 6.07) is 14.7. The summed E-state index contributed by atoms with van der Waals surface area (Å²) in [6.45, 7) is 5.27. The van der Waals surface area contributed by atoms with Gasteiger partial charge in [-0.2, -0.15) is 0 Å². The number of benzene rings is 2. The van der Waals surface area contributed by atoms with Gasteiger partial charge in [0.05, 0.1) is 18.6 Å². The Morgan fingerprint density at radius 2 is 1.90 bits per heavy atom. The first-order valence-electron chi connectivity index (χ1n) is 10.0. The van der Waals surface area contributed by atoms with Gasteiger partial charge in [0, 0.05) is 52.0 Å².